The van der Waals surface area contributed by atoms with Crippen LogP contribution in [-0.4, -0.2) is 31.7 Å². The smallest absolute Gasteiger partial charge is 0.251 e. The van der Waals surface area contributed by atoms with Gasteiger partial charge in [-0.1, -0.05) is 29.8 Å². The minimum absolute atomic E-state index is 0.104. The summed E-state index contributed by atoms with van der Waals surface area (Å²) < 4.78 is 41.5. The maximum absolute atomic E-state index is 14.3. The lowest BCUT2D eigenvalue weighted by Crippen LogP contribution is -2.33. The summed E-state index contributed by atoms with van der Waals surface area (Å²) in [4.78, 5) is 11.2. The Bertz CT molecular complexity index is 928. The monoisotopic (exact) mass is 396 g/mol. The minimum atomic E-state index is -4.03. The Morgan fingerprint density at radius 3 is 2.46 bits per heavy atom. The third kappa shape index (κ3) is 3.75. The Morgan fingerprint density at radius 1 is 1.23 bits per heavy atom. The van der Waals surface area contributed by atoms with Crippen LogP contribution in [0.25, 0.3) is 0 Å². The maximum atomic E-state index is 14.3. The number of carbonyl (C=O) groups excluding carboxylic acids is 1. The van der Waals surface area contributed by atoms with Gasteiger partial charge in [-0.15, -0.1) is 0 Å². The van der Waals surface area contributed by atoms with Crippen molar-refractivity contribution < 1.29 is 17.6 Å². The number of rotatable bonds is 6. The molecule has 0 saturated heterocycles. The molecule has 1 aliphatic rings. The first-order valence-corrected chi connectivity index (χ1v) is 9.93. The van der Waals surface area contributed by atoms with Gasteiger partial charge in [0.1, 0.15) is 4.90 Å². The summed E-state index contributed by atoms with van der Waals surface area (Å²) in [5.41, 5.74) is 1.20. The second-order valence-electron chi connectivity index (χ2n) is 6.11. The molecule has 26 heavy (non-hydrogen) atoms. The number of amides is 1. The van der Waals surface area contributed by atoms with Gasteiger partial charge >= 0.3 is 0 Å². The molecule has 1 saturated carbocycles. The van der Waals surface area contributed by atoms with E-state index in [1.807, 2.05) is 0 Å². The summed E-state index contributed by atoms with van der Waals surface area (Å²) in [6, 6.07) is 10.5. The van der Waals surface area contributed by atoms with Crippen molar-refractivity contribution in [3.63, 3.8) is 0 Å². The van der Waals surface area contributed by atoms with Crippen LogP contribution in [0.2, 0.25) is 5.02 Å². The zero-order valence-electron chi connectivity index (χ0n) is 14.1. The van der Waals surface area contributed by atoms with E-state index in [2.05, 4.69) is 5.32 Å². The first kappa shape index (κ1) is 18.8. The molecule has 3 rings (SSSR count). The number of nitrogens with zero attached hydrogens (tertiary/aromatic N) is 1. The molecule has 1 aliphatic carbocycles. The van der Waals surface area contributed by atoms with Gasteiger partial charge in [-0.05, 0) is 42.7 Å². The van der Waals surface area contributed by atoms with Crippen LogP contribution in [0.4, 0.5) is 4.39 Å². The summed E-state index contributed by atoms with van der Waals surface area (Å²) in [5, 5.41) is 2.30. The van der Waals surface area contributed by atoms with E-state index in [0.29, 0.717) is 5.56 Å². The molecule has 1 amide bonds. The number of hydrogen-bond donors (Lipinski definition) is 1. The van der Waals surface area contributed by atoms with Crippen molar-refractivity contribution in [1.29, 1.82) is 0 Å². The number of sulfonamides is 1. The predicted octanol–water partition coefficient (Wildman–Crippen LogP) is 3.19. The first-order chi connectivity index (χ1) is 12.3. The molecule has 2 aromatic rings. The number of hydrogen-bond acceptors (Lipinski definition) is 3. The highest BCUT2D eigenvalue weighted by atomic mass is 35.5. The molecule has 0 spiro atoms. The molecule has 2 aromatic carbocycles. The van der Waals surface area contributed by atoms with Crippen molar-refractivity contribution in [2.45, 2.75) is 30.3 Å². The lowest BCUT2D eigenvalue weighted by atomic mass is 10.1. The van der Waals surface area contributed by atoms with Gasteiger partial charge in [0.25, 0.3) is 5.91 Å². The number of benzene rings is 2. The third-order valence-corrected chi connectivity index (χ3v) is 6.45. The van der Waals surface area contributed by atoms with Crippen molar-refractivity contribution in [3.8, 4) is 0 Å². The van der Waals surface area contributed by atoms with Gasteiger partial charge in [-0.25, -0.2) is 12.8 Å². The average molecular weight is 397 g/mol. The molecule has 1 N–H and O–H groups in total. The van der Waals surface area contributed by atoms with E-state index in [1.54, 1.807) is 24.3 Å². The standard InChI is InChI=1S/C18H18ClFN2O3S/c1-21-18(23)13-7-5-12(6-8-13)11-22(14-9-10-14)26(24,25)16-4-2-3-15(19)17(16)20/h2-8,14H,9-11H2,1H3,(H,21,23). The largest absolute Gasteiger partial charge is 0.355 e. The van der Waals surface area contributed by atoms with E-state index in [1.165, 1.54) is 29.6 Å². The van der Waals surface area contributed by atoms with E-state index in [4.69, 9.17) is 11.6 Å². The van der Waals surface area contributed by atoms with Crippen molar-refractivity contribution in [1.82, 2.24) is 9.62 Å². The lowest BCUT2D eigenvalue weighted by Gasteiger charge is -2.22. The van der Waals surface area contributed by atoms with Crippen LogP contribution in [0.3, 0.4) is 0 Å². The Morgan fingerprint density at radius 2 is 1.88 bits per heavy atom. The summed E-state index contributed by atoms with van der Waals surface area (Å²) in [5.74, 6) is -1.15. The summed E-state index contributed by atoms with van der Waals surface area (Å²) in [7, 11) is -2.49. The van der Waals surface area contributed by atoms with Crippen LogP contribution >= 0.6 is 11.6 Å². The molecular formula is C18H18ClFN2O3S. The van der Waals surface area contributed by atoms with Crippen LogP contribution < -0.4 is 5.32 Å². The minimum Gasteiger partial charge on any atom is -0.355 e. The van der Waals surface area contributed by atoms with Gasteiger partial charge in [0.05, 0.1) is 5.02 Å². The van der Waals surface area contributed by atoms with Gasteiger partial charge in [-0.2, -0.15) is 4.31 Å². The fourth-order valence-electron chi connectivity index (χ4n) is 2.67. The van der Waals surface area contributed by atoms with Crippen LogP contribution in [-0.2, 0) is 16.6 Å². The number of halogens is 2. The van der Waals surface area contributed by atoms with E-state index in [9.17, 15) is 17.6 Å². The zero-order chi connectivity index (χ0) is 18.9. The third-order valence-electron chi connectivity index (χ3n) is 4.24. The summed E-state index contributed by atoms with van der Waals surface area (Å²) in [6.45, 7) is 0.104. The molecule has 8 heteroatoms. The molecule has 5 nitrogen and oxygen atoms in total. The molecule has 0 bridgehead atoms. The molecule has 1 fully saturated rings. The van der Waals surface area contributed by atoms with Gasteiger partial charge in [0.15, 0.2) is 5.82 Å². The Labute approximate surface area is 156 Å². The molecule has 0 aromatic heterocycles. The van der Waals surface area contributed by atoms with E-state index < -0.39 is 20.7 Å². The number of carbonyl (C=O) groups is 1. The highest BCUT2D eigenvalue weighted by Gasteiger charge is 2.39. The van der Waals surface area contributed by atoms with Crippen LogP contribution in [0, 0.1) is 5.82 Å². The Kier molecular flexibility index (Phi) is 5.32. The first-order valence-electron chi connectivity index (χ1n) is 8.11. The fourth-order valence-corrected chi connectivity index (χ4v) is 4.66. The SMILES string of the molecule is CNC(=O)c1ccc(CN(C2CC2)S(=O)(=O)c2cccc(Cl)c2F)cc1. The Hall–Kier alpha value is -1.96. The molecule has 0 unspecified atom stereocenters. The topological polar surface area (TPSA) is 66.5 Å². The van der Waals surface area contributed by atoms with Crippen LogP contribution in [0.5, 0.6) is 0 Å². The van der Waals surface area contributed by atoms with Gasteiger partial charge < -0.3 is 5.32 Å². The second-order valence-corrected chi connectivity index (χ2v) is 8.38. The van der Waals surface area contributed by atoms with Crippen molar-refractivity contribution in [3.05, 3.63) is 64.4 Å². The normalized spacial score (nSPS) is 14.5. The molecule has 0 aliphatic heterocycles. The van der Waals surface area contributed by atoms with E-state index >= 15 is 0 Å². The summed E-state index contributed by atoms with van der Waals surface area (Å²) >= 11 is 5.74. The predicted molar refractivity (Wildman–Crippen MR) is 97.0 cm³/mol. The number of nitrogens with one attached hydrogen (secondary N) is 1. The van der Waals surface area contributed by atoms with Crippen LogP contribution in [0.1, 0.15) is 28.8 Å². The maximum Gasteiger partial charge on any atom is 0.251 e. The van der Waals surface area contributed by atoms with Gasteiger partial charge in [-0.3, -0.25) is 4.79 Å². The molecular weight excluding hydrogens is 379 g/mol. The van der Waals surface area contributed by atoms with E-state index in [0.717, 1.165) is 18.4 Å². The van der Waals surface area contributed by atoms with Crippen molar-refractivity contribution >= 4 is 27.5 Å². The van der Waals surface area contributed by atoms with Crippen molar-refractivity contribution in [2.75, 3.05) is 7.05 Å². The summed E-state index contributed by atoms with van der Waals surface area (Å²) in [6.07, 6.45) is 1.47. The molecule has 0 radical (unpaired) electrons. The van der Waals surface area contributed by atoms with Gasteiger partial charge in [0.2, 0.25) is 10.0 Å². The van der Waals surface area contributed by atoms with E-state index in [-0.39, 0.29) is 23.5 Å². The highest BCUT2D eigenvalue weighted by Crippen LogP contribution is 2.35. The quantitative estimate of drug-likeness (QED) is 0.815. The molecule has 0 heterocycles. The zero-order valence-corrected chi connectivity index (χ0v) is 15.6. The molecule has 138 valence electrons. The lowest BCUT2D eigenvalue weighted by molar-refractivity contribution is 0.0963. The van der Waals surface area contributed by atoms with Gasteiger partial charge in [0, 0.05) is 25.2 Å². The fraction of sp³-hybridized carbons (Fsp3) is 0.278. The van der Waals surface area contributed by atoms with Crippen molar-refractivity contribution in [2.24, 2.45) is 0 Å². The average Bonchev–Trinajstić information content (AvgIpc) is 3.46. The highest BCUT2D eigenvalue weighted by molar-refractivity contribution is 7.89. The Balaban J connectivity index is 1.90. The van der Waals surface area contributed by atoms with Crippen LogP contribution in [0.15, 0.2) is 47.4 Å². The second kappa shape index (κ2) is 7.34. The molecule has 0 atom stereocenters.